The number of aromatic nitrogens is 1. The molecule has 2 aromatic rings. The first-order valence-electron chi connectivity index (χ1n) is 5.72. The van der Waals surface area contributed by atoms with Gasteiger partial charge in [-0.2, -0.15) is 13.2 Å². The van der Waals surface area contributed by atoms with Gasteiger partial charge in [0, 0.05) is 23.6 Å². The van der Waals surface area contributed by atoms with E-state index in [0.29, 0.717) is 0 Å². The number of ketones is 1. The molecule has 0 aliphatic heterocycles. The second kappa shape index (κ2) is 4.96. The van der Waals surface area contributed by atoms with Gasteiger partial charge < -0.3 is 5.73 Å². The maximum atomic E-state index is 12.9. The molecule has 1 aromatic carbocycles. The van der Waals surface area contributed by atoms with Gasteiger partial charge in [0.15, 0.2) is 5.78 Å². The number of carbonyl (C=O) groups is 1. The number of anilines is 1. The maximum absolute atomic E-state index is 12.9. The van der Waals surface area contributed by atoms with Crippen LogP contribution in [0.25, 0.3) is 0 Å². The third-order valence-electron chi connectivity index (χ3n) is 2.82. The number of hydrogen-bond donors (Lipinski definition) is 1. The van der Waals surface area contributed by atoms with Crippen LogP contribution in [0.15, 0.2) is 36.7 Å². The maximum Gasteiger partial charge on any atom is 0.417 e. The van der Waals surface area contributed by atoms with Crippen molar-refractivity contribution in [2.75, 3.05) is 5.73 Å². The molecule has 0 aliphatic carbocycles. The zero-order valence-corrected chi connectivity index (χ0v) is 10.5. The molecule has 0 atom stereocenters. The van der Waals surface area contributed by atoms with E-state index in [2.05, 4.69) is 4.98 Å². The molecule has 0 spiro atoms. The molecule has 0 saturated carbocycles. The Balaban J connectivity index is 2.57. The fourth-order valence-electron chi connectivity index (χ4n) is 1.83. The summed E-state index contributed by atoms with van der Waals surface area (Å²) < 4.78 is 38.7. The molecule has 1 aromatic heterocycles. The summed E-state index contributed by atoms with van der Waals surface area (Å²) in [5, 5.41) is 0. The molecule has 2 rings (SSSR count). The lowest BCUT2D eigenvalue weighted by atomic mass is 9.97. The highest BCUT2D eigenvalue weighted by molar-refractivity contribution is 6.12. The molecule has 0 amide bonds. The number of pyridine rings is 1. The Morgan fingerprint density at radius 3 is 2.55 bits per heavy atom. The fraction of sp³-hybridized carbons (Fsp3) is 0.143. The highest BCUT2D eigenvalue weighted by Crippen LogP contribution is 2.33. The number of nitrogens with two attached hydrogens (primary N) is 1. The molecule has 0 unspecified atom stereocenters. The van der Waals surface area contributed by atoms with Crippen LogP contribution in [0, 0.1) is 6.92 Å². The van der Waals surface area contributed by atoms with Crippen LogP contribution in [0.3, 0.4) is 0 Å². The van der Waals surface area contributed by atoms with E-state index in [1.807, 2.05) is 0 Å². The van der Waals surface area contributed by atoms with Gasteiger partial charge in [0.2, 0.25) is 0 Å². The lowest BCUT2D eigenvalue weighted by molar-refractivity contribution is -0.137. The monoisotopic (exact) mass is 280 g/mol. The van der Waals surface area contributed by atoms with Crippen molar-refractivity contribution in [2.45, 2.75) is 13.1 Å². The predicted molar refractivity (Wildman–Crippen MR) is 68.3 cm³/mol. The van der Waals surface area contributed by atoms with Gasteiger partial charge in [0.05, 0.1) is 11.1 Å². The summed E-state index contributed by atoms with van der Waals surface area (Å²) in [6, 6.07) is 5.41. The van der Waals surface area contributed by atoms with Crippen LogP contribution < -0.4 is 5.73 Å². The van der Waals surface area contributed by atoms with Crippen LogP contribution in [0.2, 0.25) is 0 Å². The molecule has 2 N–H and O–H groups in total. The first-order chi connectivity index (χ1) is 9.30. The molecule has 1 heterocycles. The number of aryl methyl sites for hydroxylation is 1. The minimum absolute atomic E-state index is 0.0449. The summed E-state index contributed by atoms with van der Waals surface area (Å²) in [5.74, 6) is -0.786. The first kappa shape index (κ1) is 14.0. The molecular weight excluding hydrogens is 269 g/mol. The number of nitrogens with zero attached hydrogens (tertiary/aromatic N) is 1. The molecule has 20 heavy (non-hydrogen) atoms. The van der Waals surface area contributed by atoms with Crippen molar-refractivity contribution in [1.82, 2.24) is 4.98 Å². The lowest BCUT2D eigenvalue weighted by Gasteiger charge is -2.12. The van der Waals surface area contributed by atoms with E-state index in [-0.39, 0.29) is 11.3 Å². The van der Waals surface area contributed by atoms with Crippen molar-refractivity contribution in [3.63, 3.8) is 0 Å². The standard InChI is InChI=1S/C14H11F3N2O/c1-8-2-3-12(18)9(6-8)13(20)10-7-19-5-4-11(10)14(15,16)17/h2-7H,18H2,1H3. The highest BCUT2D eigenvalue weighted by Gasteiger charge is 2.35. The fourth-order valence-corrected chi connectivity index (χ4v) is 1.83. The normalized spacial score (nSPS) is 11.4. The molecule has 104 valence electrons. The Labute approximate surface area is 113 Å². The van der Waals surface area contributed by atoms with Crippen molar-refractivity contribution in [2.24, 2.45) is 0 Å². The van der Waals surface area contributed by atoms with Gasteiger partial charge in [-0.3, -0.25) is 9.78 Å². The van der Waals surface area contributed by atoms with Crippen molar-refractivity contribution in [3.8, 4) is 0 Å². The van der Waals surface area contributed by atoms with Gasteiger partial charge in [-0.25, -0.2) is 0 Å². The second-order valence-electron chi connectivity index (χ2n) is 4.34. The molecule has 0 aliphatic rings. The number of rotatable bonds is 2. The summed E-state index contributed by atoms with van der Waals surface area (Å²) >= 11 is 0. The van der Waals surface area contributed by atoms with Gasteiger partial charge in [0.25, 0.3) is 0 Å². The van der Waals surface area contributed by atoms with Gasteiger partial charge in [-0.1, -0.05) is 11.6 Å². The SMILES string of the molecule is Cc1ccc(N)c(C(=O)c2cnccc2C(F)(F)F)c1. The molecular formula is C14H11F3N2O. The summed E-state index contributed by atoms with van der Waals surface area (Å²) in [6.07, 6.45) is -2.71. The lowest BCUT2D eigenvalue weighted by Crippen LogP contribution is -2.15. The number of carbonyl (C=O) groups excluding carboxylic acids is 1. The van der Waals surface area contributed by atoms with E-state index < -0.39 is 23.1 Å². The van der Waals surface area contributed by atoms with E-state index >= 15 is 0 Å². The Hall–Kier alpha value is -2.37. The molecule has 0 radical (unpaired) electrons. The van der Waals surface area contributed by atoms with Gasteiger partial charge in [-0.05, 0) is 25.1 Å². The zero-order chi connectivity index (χ0) is 14.9. The van der Waals surface area contributed by atoms with E-state index in [1.54, 1.807) is 13.0 Å². The average Bonchev–Trinajstić information content (AvgIpc) is 2.40. The van der Waals surface area contributed by atoms with Crippen molar-refractivity contribution in [1.29, 1.82) is 0 Å². The quantitative estimate of drug-likeness (QED) is 0.678. The second-order valence-corrected chi connectivity index (χ2v) is 4.34. The Bertz CT molecular complexity index is 666. The first-order valence-corrected chi connectivity index (χ1v) is 5.72. The average molecular weight is 280 g/mol. The van der Waals surface area contributed by atoms with Crippen LogP contribution in [-0.2, 0) is 6.18 Å². The number of alkyl halides is 3. The summed E-state index contributed by atoms with van der Waals surface area (Å²) in [5.41, 5.74) is 5.06. The van der Waals surface area contributed by atoms with Crippen LogP contribution in [0.1, 0.15) is 27.0 Å². The van der Waals surface area contributed by atoms with Crippen molar-refractivity contribution >= 4 is 11.5 Å². The van der Waals surface area contributed by atoms with Crippen LogP contribution in [-0.4, -0.2) is 10.8 Å². The summed E-state index contributed by atoms with van der Waals surface area (Å²) in [7, 11) is 0. The predicted octanol–water partition coefficient (Wildman–Crippen LogP) is 3.22. The minimum Gasteiger partial charge on any atom is -0.398 e. The van der Waals surface area contributed by atoms with Gasteiger partial charge in [-0.15, -0.1) is 0 Å². The third-order valence-corrected chi connectivity index (χ3v) is 2.82. The third kappa shape index (κ3) is 2.64. The molecule has 0 fully saturated rings. The van der Waals surface area contributed by atoms with E-state index in [9.17, 15) is 18.0 Å². The van der Waals surface area contributed by atoms with E-state index in [0.717, 1.165) is 24.0 Å². The largest absolute Gasteiger partial charge is 0.417 e. The van der Waals surface area contributed by atoms with Crippen molar-refractivity contribution in [3.05, 3.63) is 58.9 Å². The topological polar surface area (TPSA) is 56.0 Å². The molecule has 0 saturated heterocycles. The Morgan fingerprint density at radius 2 is 1.90 bits per heavy atom. The number of benzene rings is 1. The highest BCUT2D eigenvalue weighted by atomic mass is 19.4. The molecule has 6 heteroatoms. The summed E-state index contributed by atoms with van der Waals surface area (Å²) in [6.45, 7) is 1.73. The smallest absolute Gasteiger partial charge is 0.398 e. The zero-order valence-electron chi connectivity index (χ0n) is 10.5. The molecule has 3 nitrogen and oxygen atoms in total. The number of halogens is 3. The van der Waals surface area contributed by atoms with Crippen molar-refractivity contribution < 1.29 is 18.0 Å². The van der Waals surface area contributed by atoms with Crippen LogP contribution >= 0.6 is 0 Å². The Morgan fingerprint density at radius 1 is 1.20 bits per heavy atom. The minimum atomic E-state index is -4.62. The Kier molecular flexibility index (Phi) is 3.48. The summed E-state index contributed by atoms with van der Waals surface area (Å²) in [4.78, 5) is 15.9. The van der Waals surface area contributed by atoms with Crippen LogP contribution in [0.5, 0.6) is 0 Å². The number of nitrogen functional groups attached to an aromatic ring is 1. The van der Waals surface area contributed by atoms with E-state index in [1.165, 1.54) is 12.1 Å². The van der Waals surface area contributed by atoms with Gasteiger partial charge >= 0.3 is 6.18 Å². The number of hydrogen-bond acceptors (Lipinski definition) is 3. The van der Waals surface area contributed by atoms with Crippen LogP contribution in [0.4, 0.5) is 18.9 Å². The van der Waals surface area contributed by atoms with Gasteiger partial charge in [0.1, 0.15) is 0 Å². The van der Waals surface area contributed by atoms with E-state index in [4.69, 9.17) is 5.73 Å². The molecule has 0 bridgehead atoms.